The molecule has 2 aromatic carbocycles. The van der Waals surface area contributed by atoms with Gasteiger partial charge in [0.1, 0.15) is 5.58 Å². The van der Waals surface area contributed by atoms with Gasteiger partial charge in [0.15, 0.2) is 17.1 Å². The second-order valence-electron chi connectivity index (χ2n) is 6.00. The van der Waals surface area contributed by atoms with Crippen LogP contribution < -0.4 is 44.8 Å². The molecule has 1 heterocycles. The molecule has 128 valence electrons. The summed E-state index contributed by atoms with van der Waals surface area (Å²) in [5, 5.41) is 11.3. The van der Waals surface area contributed by atoms with Crippen molar-refractivity contribution in [3.05, 3.63) is 51.7 Å². The zero-order valence-electron chi connectivity index (χ0n) is 14.9. The summed E-state index contributed by atoms with van der Waals surface area (Å²) < 4.78 is 11.5. The van der Waals surface area contributed by atoms with Gasteiger partial charge in [0.2, 0.25) is 5.43 Å². The van der Waals surface area contributed by atoms with E-state index < -0.39 is 11.4 Å². The van der Waals surface area contributed by atoms with E-state index in [0.717, 1.165) is 0 Å². The number of carbonyl (C=O) groups is 2. The monoisotopic (exact) mass is 362 g/mol. The van der Waals surface area contributed by atoms with Gasteiger partial charge in [0, 0.05) is 5.56 Å². The van der Waals surface area contributed by atoms with Crippen molar-refractivity contribution in [2.24, 2.45) is 0 Å². The molecule has 0 N–H and O–H groups in total. The fourth-order valence-electron chi connectivity index (χ4n) is 2.60. The van der Waals surface area contributed by atoms with Crippen LogP contribution in [0.3, 0.4) is 0 Å². The van der Waals surface area contributed by atoms with Crippen molar-refractivity contribution in [1.82, 2.24) is 0 Å². The maximum Gasteiger partial charge on any atom is 1.00 e. The van der Waals surface area contributed by atoms with Gasteiger partial charge in [0.05, 0.1) is 22.8 Å². The minimum atomic E-state index is -1.39. The Hall–Kier alpha value is -2.15. The van der Waals surface area contributed by atoms with E-state index in [2.05, 4.69) is 0 Å². The fourth-order valence-corrected chi connectivity index (χ4v) is 2.60. The minimum absolute atomic E-state index is 0. The Morgan fingerprint density at radius 3 is 2.31 bits per heavy atom. The molecule has 0 fully saturated rings. The molecular weight excluding hydrogens is 347 g/mol. The maximum absolute atomic E-state index is 12.8. The standard InChI is InChI=1S/C19H16O6.Na/c1-9(2)24-16-8-12(10(3)20)7-14-17(21)13-6-11(19(22)23)4-5-15(13)25-18(14)16;/h4-9H,1-3H3,(H,22,23);/q;+1/p-1. The third kappa shape index (κ3) is 3.67. The average Bonchev–Trinajstić information content (AvgIpc) is 2.54. The molecule has 0 aliphatic heterocycles. The van der Waals surface area contributed by atoms with Crippen LogP contribution in [-0.4, -0.2) is 17.9 Å². The van der Waals surface area contributed by atoms with Crippen LogP contribution in [-0.2, 0) is 0 Å². The van der Waals surface area contributed by atoms with E-state index in [1.54, 1.807) is 0 Å². The van der Waals surface area contributed by atoms with Gasteiger partial charge in [-0.3, -0.25) is 9.59 Å². The Balaban J connectivity index is 0.00000243. The van der Waals surface area contributed by atoms with Gasteiger partial charge >= 0.3 is 29.6 Å². The predicted octanol–water partition coefficient (Wildman–Crippen LogP) is -0.696. The quantitative estimate of drug-likeness (QED) is 0.346. The molecule has 1 aromatic heterocycles. The number of carboxylic acid groups (broad SMARTS) is 1. The van der Waals surface area contributed by atoms with E-state index >= 15 is 0 Å². The van der Waals surface area contributed by atoms with Crippen molar-refractivity contribution < 1.29 is 53.4 Å². The Kier molecular flexibility index (Phi) is 5.91. The minimum Gasteiger partial charge on any atom is -0.545 e. The summed E-state index contributed by atoms with van der Waals surface area (Å²) in [7, 11) is 0. The Morgan fingerprint density at radius 2 is 1.73 bits per heavy atom. The molecule has 6 nitrogen and oxygen atoms in total. The normalized spacial score (nSPS) is 10.8. The number of benzene rings is 2. The Morgan fingerprint density at radius 1 is 1.08 bits per heavy atom. The molecular formula is C19H15NaO6. The molecule has 0 atom stereocenters. The fraction of sp³-hybridized carbons (Fsp3) is 0.211. The predicted molar refractivity (Wildman–Crippen MR) is 90.1 cm³/mol. The van der Waals surface area contributed by atoms with E-state index in [0.29, 0.717) is 11.3 Å². The van der Waals surface area contributed by atoms with Gasteiger partial charge in [-0.05, 0) is 56.7 Å². The number of fused-ring (bicyclic) bond motifs is 2. The summed E-state index contributed by atoms with van der Waals surface area (Å²) in [4.78, 5) is 35.6. The molecule has 0 radical (unpaired) electrons. The molecule has 0 amide bonds. The number of Topliss-reactive ketones (excluding diaryl/α,β-unsaturated/α-hetero) is 1. The average molecular weight is 362 g/mol. The molecule has 3 aromatic rings. The van der Waals surface area contributed by atoms with Gasteiger partial charge in [0.25, 0.3) is 0 Å². The van der Waals surface area contributed by atoms with Crippen LogP contribution in [0.2, 0.25) is 0 Å². The van der Waals surface area contributed by atoms with E-state index in [9.17, 15) is 19.5 Å². The number of rotatable bonds is 4. The molecule has 26 heavy (non-hydrogen) atoms. The van der Waals surface area contributed by atoms with E-state index in [1.165, 1.54) is 37.3 Å². The van der Waals surface area contributed by atoms with Crippen LogP contribution in [0.1, 0.15) is 41.5 Å². The summed E-state index contributed by atoms with van der Waals surface area (Å²) in [5.41, 5.74) is 0.200. The summed E-state index contributed by atoms with van der Waals surface area (Å²) in [6, 6.07) is 6.88. The molecule has 0 saturated carbocycles. The van der Waals surface area contributed by atoms with Gasteiger partial charge in [-0.25, -0.2) is 0 Å². The van der Waals surface area contributed by atoms with Gasteiger partial charge < -0.3 is 19.1 Å². The summed E-state index contributed by atoms with van der Waals surface area (Å²) >= 11 is 0. The first kappa shape index (κ1) is 20.2. The number of hydrogen-bond acceptors (Lipinski definition) is 6. The topological polar surface area (TPSA) is 96.6 Å². The Bertz CT molecular complexity index is 1080. The third-order valence-corrected chi connectivity index (χ3v) is 3.74. The number of hydrogen-bond donors (Lipinski definition) is 0. The molecule has 0 aliphatic rings. The van der Waals surface area contributed by atoms with Crippen molar-refractivity contribution in [1.29, 1.82) is 0 Å². The first-order valence-corrected chi connectivity index (χ1v) is 7.71. The second-order valence-corrected chi connectivity index (χ2v) is 6.00. The summed E-state index contributed by atoms with van der Waals surface area (Å²) in [6.07, 6.45) is -0.188. The third-order valence-electron chi connectivity index (χ3n) is 3.74. The van der Waals surface area contributed by atoms with Crippen molar-refractivity contribution in [3.63, 3.8) is 0 Å². The van der Waals surface area contributed by atoms with Crippen LogP contribution in [0.15, 0.2) is 39.5 Å². The first-order chi connectivity index (χ1) is 11.8. The first-order valence-electron chi connectivity index (χ1n) is 7.71. The maximum atomic E-state index is 12.8. The molecule has 3 rings (SSSR count). The largest absolute Gasteiger partial charge is 1.00 e. The molecule has 0 aliphatic carbocycles. The number of carboxylic acids is 1. The summed E-state index contributed by atoms with van der Waals surface area (Å²) in [6.45, 7) is 5.02. The van der Waals surface area contributed by atoms with Crippen molar-refractivity contribution in [2.75, 3.05) is 0 Å². The van der Waals surface area contributed by atoms with Gasteiger partial charge in [-0.15, -0.1) is 0 Å². The molecule has 0 bridgehead atoms. The molecule has 0 saturated heterocycles. The van der Waals surface area contributed by atoms with Crippen LogP contribution in [0, 0.1) is 0 Å². The Labute approximate surface area is 171 Å². The zero-order chi connectivity index (χ0) is 18.3. The molecule has 7 heteroatoms. The van der Waals surface area contributed by atoms with E-state index in [1.807, 2.05) is 13.8 Å². The number of ketones is 1. The number of ether oxygens (including phenoxy) is 1. The summed E-state index contributed by atoms with van der Waals surface area (Å²) in [5.74, 6) is -1.32. The second kappa shape index (κ2) is 7.61. The molecule has 0 unspecified atom stereocenters. The number of aromatic carboxylic acids is 1. The number of carbonyl (C=O) groups excluding carboxylic acids is 2. The van der Waals surface area contributed by atoms with E-state index in [4.69, 9.17) is 9.15 Å². The zero-order valence-corrected chi connectivity index (χ0v) is 16.9. The van der Waals surface area contributed by atoms with Crippen LogP contribution in [0.5, 0.6) is 5.75 Å². The van der Waals surface area contributed by atoms with Crippen molar-refractivity contribution in [2.45, 2.75) is 26.9 Å². The van der Waals surface area contributed by atoms with Gasteiger partial charge in [-0.1, -0.05) is 0 Å². The van der Waals surface area contributed by atoms with Crippen molar-refractivity contribution >= 4 is 33.7 Å². The van der Waals surface area contributed by atoms with E-state index in [-0.39, 0.29) is 68.9 Å². The van der Waals surface area contributed by atoms with Crippen LogP contribution in [0.4, 0.5) is 0 Å². The SMILES string of the molecule is CC(=O)c1cc(OC(C)C)c2oc3ccc(C(=O)[O-])cc3c(=O)c2c1.[Na+]. The van der Waals surface area contributed by atoms with Gasteiger partial charge in [-0.2, -0.15) is 0 Å². The van der Waals surface area contributed by atoms with Crippen LogP contribution >= 0.6 is 0 Å². The smallest absolute Gasteiger partial charge is 0.545 e. The molecule has 0 spiro atoms. The van der Waals surface area contributed by atoms with Crippen molar-refractivity contribution in [3.8, 4) is 5.75 Å². The van der Waals surface area contributed by atoms with Crippen LogP contribution in [0.25, 0.3) is 21.9 Å².